The largest absolute Gasteiger partial charge is 0.489 e. The summed E-state index contributed by atoms with van der Waals surface area (Å²) in [5.41, 5.74) is 1.12. The Balaban J connectivity index is 1.70. The van der Waals surface area contributed by atoms with E-state index in [2.05, 4.69) is 0 Å². The van der Waals surface area contributed by atoms with Crippen LogP contribution >= 0.6 is 0 Å². The van der Waals surface area contributed by atoms with Crippen molar-refractivity contribution in [2.45, 2.75) is 6.42 Å². The normalized spacial score (nSPS) is 13.2. The fourth-order valence-corrected chi connectivity index (χ4v) is 3.39. The average molecular weight is 400 g/mol. The molecule has 0 spiro atoms. The van der Waals surface area contributed by atoms with Crippen LogP contribution in [0, 0.1) is 5.82 Å². The molecule has 3 aromatic carbocycles. The van der Waals surface area contributed by atoms with Crippen molar-refractivity contribution in [1.29, 1.82) is 0 Å². The van der Waals surface area contributed by atoms with Gasteiger partial charge in [0.25, 0.3) is 0 Å². The zero-order valence-corrected chi connectivity index (χ0v) is 15.9. The third kappa shape index (κ3) is 3.82. The molecule has 0 N–H and O–H groups in total. The molecule has 0 fully saturated rings. The van der Waals surface area contributed by atoms with Gasteiger partial charge < -0.3 is 4.74 Å². The minimum atomic E-state index is -0.458. The summed E-state index contributed by atoms with van der Waals surface area (Å²) in [7, 11) is 0. The lowest BCUT2D eigenvalue weighted by atomic mass is 9.82. The van der Waals surface area contributed by atoms with E-state index in [1.165, 1.54) is 24.3 Å². The lowest BCUT2D eigenvalue weighted by Gasteiger charge is -2.21. The highest BCUT2D eigenvalue weighted by Gasteiger charge is 2.33. The van der Waals surface area contributed by atoms with Gasteiger partial charge in [-0.2, -0.15) is 0 Å². The van der Waals surface area contributed by atoms with Gasteiger partial charge >= 0.3 is 0 Å². The van der Waals surface area contributed by atoms with Gasteiger partial charge in [-0.3, -0.25) is 14.4 Å². The van der Waals surface area contributed by atoms with Gasteiger partial charge in [0.2, 0.25) is 0 Å². The molecule has 0 saturated heterocycles. The summed E-state index contributed by atoms with van der Waals surface area (Å²) in [5, 5.41) is 0. The molecule has 0 aromatic heterocycles. The van der Waals surface area contributed by atoms with Gasteiger partial charge in [-0.15, -0.1) is 0 Å². The molecule has 1 aliphatic rings. The second-order valence-corrected chi connectivity index (χ2v) is 6.87. The summed E-state index contributed by atoms with van der Waals surface area (Å²) in [5.74, 6) is -0.980. The van der Waals surface area contributed by atoms with Gasteiger partial charge in [0.05, 0.1) is 0 Å². The van der Waals surface area contributed by atoms with Crippen molar-refractivity contribution in [2.24, 2.45) is 0 Å². The number of fused-ring (bicyclic) bond motifs is 1. The topological polar surface area (TPSA) is 60.4 Å². The predicted molar refractivity (Wildman–Crippen MR) is 109 cm³/mol. The van der Waals surface area contributed by atoms with Crippen molar-refractivity contribution in [2.75, 3.05) is 6.61 Å². The Hall–Kier alpha value is -3.86. The molecule has 0 heterocycles. The Morgan fingerprint density at radius 1 is 0.733 bits per heavy atom. The maximum atomic E-state index is 13.2. The first kappa shape index (κ1) is 19.5. The third-order valence-electron chi connectivity index (χ3n) is 4.96. The Bertz CT molecular complexity index is 1160. The van der Waals surface area contributed by atoms with Gasteiger partial charge in [-0.1, -0.05) is 42.5 Å². The lowest BCUT2D eigenvalue weighted by molar-refractivity contribution is 0.0937. The van der Waals surface area contributed by atoms with Gasteiger partial charge in [0.1, 0.15) is 18.2 Å². The van der Waals surface area contributed by atoms with Crippen LogP contribution in [0.4, 0.5) is 4.39 Å². The van der Waals surface area contributed by atoms with Crippen LogP contribution in [0.2, 0.25) is 0 Å². The van der Waals surface area contributed by atoms with Crippen molar-refractivity contribution >= 4 is 17.3 Å². The fraction of sp³-hybridized carbons (Fsp3) is 0.0800. The van der Waals surface area contributed by atoms with Gasteiger partial charge in [0.15, 0.2) is 17.3 Å². The van der Waals surface area contributed by atoms with Gasteiger partial charge in [-0.05, 0) is 36.4 Å². The molecular weight excluding hydrogens is 383 g/mol. The maximum Gasteiger partial charge on any atom is 0.193 e. The number of rotatable bonds is 6. The summed E-state index contributed by atoms with van der Waals surface area (Å²) in [4.78, 5) is 39.0. The lowest BCUT2D eigenvalue weighted by Crippen LogP contribution is -2.26. The summed E-state index contributed by atoms with van der Waals surface area (Å²) in [6, 6.07) is 20.5. The first-order valence-corrected chi connectivity index (χ1v) is 9.41. The monoisotopic (exact) mass is 400 g/mol. The summed E-state index contributed by atoms with van der Waals surface area (Å²) in [6.45, 7) is -0.130. The first-order valence-electron chi connectivity index (χ1n) is 9.41. The Morgan fingerprint density at radius 3 is 1.93 bits per heavy atom. The molecular formula is C25H17FO4. The second kappa shape index (κ2) is 8.25. The van der Waals surface area contributed by atoms with E-state index in [1.807, 2.05) is 6.07 Å². The highest BCUT2D eigenvalue weighted by Crippen LogP contribution is 2.29. The number of Topliss-reactive ketones (excluding diaryl/α,β-unsaturated/α-hetero) is 3. The van der Waals surface area contributed by atoms with Crippen LogP contribution in [0.3, 0.4) is 0 Å². The first-order chi connectivity index (χ1) is 14.5. The number of carbonyl (C=O) groups excluding carboxylic acids is 3. The summed E-state index contributed by atoms with van der Waals surface area (Å²) in [6.07, 6.45) is -0.266. The quantitative estimate of drug-likeness (QED) is 0.555. The predicted octanol–water partition coefficient (Wildman–Crippen LogP) is 4.85. The molecule has 1 aliphatic carbocycles. The van der Waals surface area contributed by atoms with E-state index in [4.69, 9.17) is 4.74 Å². The van der Waals surface area contributed by atoms with Crippen molar-refractivity contribution in [3.63, 3.8) is 0 Å². The molecule has 0 unspecified atom stereocenters. The van der Waals surface area contributed by atoms with Crippen LogP contribution < -0.4 is 4.74 Å². The number of benzene rings is 3. The second-order valence-electron chi connectivity index (χ2n) is 6.87. The number of ether oxygens (including phenoxy) is 1. The van der Waals surface area contributed by atoms with Crippen LogP contribution in [0.25, 0.3) is 0 Å². The van der Waals surface area contributed by atoms with E-state index in [9.17, 15) is 18.8 Å². The molecule has 4 rings (SSSR count). The number of halogens is 1. The maximum absolute atomic E-state index is 13.2. The van der Waals surface area contributed by atoms with Crippen LogP contribution in [0.15, 0.2) is 90.0 Å². The number of carbonyl (C=O) groups is 3. The van der Waals surface area contributed by atoms with Crippen molar-refractivity contribution < 1.29 is 23.5 Å². The zero-order valence-electron chi connectivity index (χ0n) is 15.9. The van der Waals surface area contributed by atoms with Crippen LogP contribution in [0.1, 0.15) is 37.5 Å². The average Bonchev–Trinajstić information content (AvgIpc) is 2.78. The molecule has 148 valence electrons. The number of para-hydroxylation sites is 1. The standard InChI is InChI=1S/C25H17FO4/c26-17-12-10-16(11-13-17)23(27)14-21-22(15-30-18-6-2-1-3-7-18)25(29)20-9-5-4-8-19(20)24(21)28/h1-13H,14-15H2. The zero-order chi connectivity index (χ0) is 21.1. The van der Waals surface area contributed by atoms with E-state index < -0.39 is 5.82 Å². The fourth-order valence-electron chi connectivity index (χ4n) is 3.39. The Labute approximate surface area is 172 Å². The van der Waals surface area contributed by atoms with E-state index in [0.29, 0.717) is 11.3 Å². The molecule has 5 heteroatoms. The number of hydrogen-bond donors (Lipinski definition) is 0. The van der Waals surface area contributed by atoms with Gasteiger partial charge in [-0.25, -0.2) is 4.39 Å². The van der Waals surface area contributed by atoms with Crippen LogP contribution in [-0.2, 0) is 0 Å². The smallest absolute Gasteiger partial charge is 0.193 e. The molecule has 30 heavy (non-hydrogen) atoms. The van der Waals surface area contributed by atoms with Gasteiger partial charge in [0, 0.05) is 34.3 Å². The molecule has 0 aliphatic heterocycles. The Kier molecular flexibility index (Phi) is 5.35. The Morgan fingerprint density at radius 2 is 1.30 bits per heavy atom. The highest BCUT2D eigenvalue weighted by molar-refractivity contribution is 6.28. The molecule has 0 bridgehead atoms. The van der Waals surface area contributed by atoms with E-state index >= 15 is 0 Å². The third-order valence-corrected chi connectivity index (χ3v) is 4.96. The molecule has 0 saturated carbocycles. The minimum absolute atomic E-state index is 0.115. The molecule has 0 amide bonds. The minimum Gasteiger partial charge on any atom is -0.489 e. The van der Waals surface area contributed by atoms with Crippen molar-refractivity contribution in [1.82, 2.24) is 0 Å². The molecule has 0 atom stereocenters. The highest BCUT2D eigenvalue weighted by atomic mass is 19.1. The molecule has 0 radical (unpaired) electrons. The van der Waals surface area contributed by atoms with E-state index in [-0.39, 0.29) is 52.7 Å². The van der Waals surface area contributed by atoms with Crippen molar-refractivity contribution in [3.8, 4) is 5.75 Å². The number of allylic oxidation sites excluding steroid dienone is 1. The summed E-state index contributed by atoms with van der Waals surface area (Å²) < 4.78 is 18.9. The van der Waals surface area contributed by atoms with Crippen molar-refractivity contribution in [3.05, 3.63) is 113 Å². The summed E-state index contributed by atoms with van der Waals surface area (Å²) >= 11 is 0. The van der Waals surface area contributed by atoms with Crippen LogP contribution in [-0.4, -0.2) is 24.0 Å². The van der Waals surface area contributed by atoms with E-state index in [1.54, 1.807) is 48.5 Å². The van der Waals surface area contributed by atoms with Crippen LogP contribution in [0.5, 0.6) is 5.75 Å². The molecule has 4 nitrogen and oxygen atoms in total. The molecule has 3 aromatic rings. The number of hydrogen-bond acceptors (Lipinski definition) is 4. The SMILES string of the molecule is O=C(CC1=C(COc2ccccc2)C(=O)c2ccccc2C1=O)c1ccc(F)cc1. The number of ketones is 3. The van der Waals surface area contributed by atoms with E-state index in [0.717, 1.165) is 0 Å².